The molecule has 1 amide bonds. The predicted molar refractivity (Wildman–Crippen MR) is 120 cm³/mol. The molecular weight excluding hydrogens is 435 g/mol. The van der Waals surface area contributed by atoms with Gasteiger partial charge < -0.3 is 15.5 Å². The van der Waals surface area contributed by atoms with Crippen LogP contribution < -0.4 is 20.9 Å². The Kier molecular flexibility index (Phi) is 7.57. The van der Waals surface area contributed by atoms with Crippen LogP contribution in [-0.2, 0) is 16.8 Å². The summed E-state index contributed by atoms with van der Waals surface area (Å²) in [5, 5.41) is 2.93. The lowest BCUT2D eigenvalue weighted by atomic mass is 9.87. The smallest absolute Gasteiger partial charge is 0.422 e. The lowest BCUT2D eigenvalue weighted by Gasteiger charge is -2.26. The first-order valence-electron chi connectivity index (χ1n) is 10.6. The Hall–Kier alpha value is -3.14. The number of nitrogens with zero attached hydrogens (tertiary/aromatic N) is 2. The largest absolute Gasteiger partial charge is 0.468 e. The second-order valence-corrected chi connectivity index (χ2v) is 8.82. The van der Waals surface area contributed by atoms with Gasteiger partial charge in [0.2, 0.25) is 11.8 Å². The average Bonchev–Trinajstić information content (AvgIpc) is 2.76. The molecule has 7 nitrogen and oxygen atoms in total. The topological polar surface area (TPSA) is 87.6 Å². The Labute approximate surface area is 190 Å². The number of carbonyl (C=O) groups excluding carboxylic acids is 1. The Morgan fingerprint density at radius 2 is 1.94 bits per heavy atom. The van der Waals surface area contributed by atoms with E-state index < -0.39 is 18.7 Å². The van der Waals surface area contributed by atoms with Crippen LogP contribution in [0.4, 0.5) is 18.9 Å². The zero-order chi connectivity index (χ0) is 24.1. The van der Waals surface area contributed by atoms with E-state index in [2.05, 4.69) is 51.7 Å². The summed E-state index contributed by atoms with van der Waals surface area (Å²) in [5.41, 5.74) is 8.41. The number of pyridine rings is 1. The van der Waals surface area contributed by atoms with Crippen molar-refractivity contribution in [2.45, 2.75) is 45.3 Å². The molecule has 1 aliphatic heterocycles. The number of halogens is 3. The first-order chi connectivity index (χ1) is 15.5. The number of benzene rings is 1. The molecule has 1 aromatic carbocycles. The molecule has 1 saturated heterocycles. The normalized spacial score (nSPS) is 18.0. The number of ether oxygens (including phenoxy) is 1. The maximum Gasteiger partial charge on any atom is 0.422 e. The van der Waals surface area contributed by atoms with Crippen molar-refractivity contribution in [3.63, 3.8) is 0 Å². The van der Waals surface area contributed by atoms with Gasteiger partial charge in [-0.15, -0.1) is 0 Å². The van der Waals surface area contributed by atoms with Crippen LogP contribution in [-0.4, -0.2) is 36.1 Å². The van der Waals surface area contributed by atoms with Crippen molar-refractivity contribution in [3.05, 3.63) is 53.7 Å². The number of hydrogen-bond donors (Lipinski definition) is 3. The Morgan fingerprint density at radius 3 is 2.61 bits per heavy atom. The molecule has 1 atom stereocenters. The lowest BCUT2D eigenvalue weighted by molar-refractivity contribution is -0.154. The highest BCUT2D eigenvalue weighted by atomic mass is 19.4. The summed E-state index contributed by atoms with van der Waals surface area (Å²) in [5.74, 6) is -0.348. The number of hydrogen-bond acceptors (Lipinski definition) is 5. The van der Waals surface area contributed by atoms with Crippen LogP contribution in [0.3, 0.4) is 0 Å². The minimum atomic E-state index is -4.44. The van der Waals surface area contributed by atoms with Crippen LogP contribution in [0.25, 0.3) is 0 Å². The maximum atomic E-state index is 12.9. The van der Waals surface area contributed by atoms with E-state index in [1.54, 1.807) is 6.07 Å². The zero-order valence-electron chi connectivity index (χ0n) is 18.8. The first kappa shape index (κ1) is 24.5. The van der Waals surface area contributed by atoms with E-state index in [-0.39, 0.29) is 23.7 Å². The van der Waals surface area contributed by atoms with Crippen molar-refractivity contribution in [2.24, 2.45) is 10.9 Å². The molecule has 0 aliphatic carbocycles. The Bertz CT molecular complexity index is 985. The zero-order valence-corrected chi connectivity index (χ0v) is 18.8. The third-order valence-electron chi connectivity index (χ3n) is 5.05. The number of amides is 1. The average molecular weight is 464 g/mol. The molecule has 10 heteroatoms. The molecule has 0 radical (unpaired) electrons. The maximum absolute atomic E-state index is 12.9. The van der Waals surface area contributed by atoms with E-state index in [9.17, 15) is 18.0 Å². The number of aliphatic imine (C=N–C) groups is 1. The molecule has 2 heterocycles. The minimum absolute atomic E-state index is 0.0198. The molecule has 33 heavy (non-hydrogen) atoms. The van der Waals surface area contributed by atoms with Crippen molar-refractivity contribution in [3.8, 4) is 5.88 Å². The Morgan fingerprint density at radius 1 is 1.21 bits per heavy atom. The quantitative estimate of drug-likeness (QED) is 0.604. The standard InChI is InChI=1S/C23H28F3N5O2/c1-22(2,3)16-4-6-17(7-5-16)30-21(32)18-9-11-29-31-20(18)28-13-15-8-10-27-19(12-15)33-14-23(24,25)26/h4-8,10,12,18,29H,9,11,13-14H2,1-3H3,(H,28,31)(H,30,32). The SMILES string of the molecule is CC(C)(C)c1ccc(NC(=O)C2CCNNC2=NCc2ccnc(OCC(F)(F)F)c2)cc1. The molecule has 0 saturated carbocycles. The molecule has 1 unspecified atom stereocenters. The highest BCUT2D eigenvalue weighted by Gasteiger charge is 2.29. The van der Waals surface area contributed by atoms with Crippen LogP contribution >= 0.6 is 0 Å². The predicted octanol–water partition coefficient (Wildman–Crippen LogP) is 3.97. The molecular formula is C23H28F3N5O2. The summed E-state index contributed by atoms with van der Waals surface area (Å²) >= 11 is 0. The van der Waals surface area contributed by atoms with Gasteiger partial charge in [-0.1, -0.05) is 32.9 Å². The van der Waals surface area contributed by atoms with Crippen molar-refractivity contribution >= 4 is 17.4 Å². The van der Waals surface area contributed by atoms with Gasteiger partial charge in [-0.25, -0.2) is 10.4 Å². The van der Waals surface area contributed by atoms with Crippen molar-refractivity contribution in [1.82, 2.24) is 15.8 Å². The fraction of sp³-hybridized carbons (Fsp3) is 0.435. The van der Waals surface area contributed by atoms with Gasteiger partial charge >= 0.3 is 6.18 Å². The summed E-state index contributed by atoms with van der Waals surface area (Å²) in [4.78, 5) is 21.2. The van der Waals surface area contributed by atoms with Crippen molar-refractivity contribution < 1.29 is 22.7 Å². The number of aromatic nitrogens is 1. The highest BCUT2D eigenvalue weighted by Crippen LogP contribution is 2.24. The molecule has 3 rings (SSSR count). The summed E-state index contributed by atoms with van der Waals surface area (Å²) in [7, 11) is 0. The van der Waals surface area contributed by atoms with E-state index in [1.807, 2.05) is 24.3 Å². The number of carbonyl (C=O) groups is 1. The van der Waals surface area contributed by atoms with Gasteiger partial charge in [-0.3, -0.25) is 9.79 Å². The minimum Gasteiger partial charge on any atom is -0.468 e. The molecule has 1 aromatic heterocycles. The van der Waals surface area contributed by atoms with Crippen molar-refractivity contribution in [1.29, 1.82) is 0 Å². The second kappa shape index (κ2) is 10.2. The fourth-order valence-electron chi connectivity index (χ4n) is 3.24. The van der Waals surface area contributed by atoms with Crippen LogP contribution in [0, 0.1) is 5.92 Å². The molecule has 0 spiro atoms. The first-order valence-corrected chi connectivity index (χ1v) is 10.6. The van der Waals surface area contributed by atoms with E-state index in [0.717, 1.165) is 0 Å². The van der Waals surface area contributed by atoms with E-state index in [0.29, 0.717) is 30.1 Å². The third-order valence-corrected chi connectivity index (χ3v) is 5.05. The molecule has 1 aliphatic rings. The van der Waals surface area contributed by atoms with Crippen LogP contribution in [0.1, 0.15) is 38.3 Å². The van der Waals surface area contributed by atoms with Crippen LogP contribution in [0.5, 0.6) is 5.88 Å². The van der Waals surface area contributed by atoms with E-state index in [1.165, 1.54) is 17.8 Å². The highest BCUT2D eigenvalue weighted by molar-refractivity contribution is 6.08. The van der Waals surface area contributed by atoms with Gasteiger partial charge in [-0.2, -0.15) is 13.2 Å². The van der Waals surface area contributed by atoms with Gasteiger partial charge in [0.1, 0.15) is 5.84 Å². The number of hydrazine groups is 1. The second-order valence-electron chi connectivity index (χ2n) is 8.82. The monoisotopic (exact) mass is 463 g/mol. The summed E-state index contributed by atoms with van der Waals surface area (Å²) in [6.07, 6.45) is -2.53. The third kappa shape index (κ3) is 7.45. The molecule has 0 bridgehead atoms. The van der Waals surface area contributed by atoms with Gasteiger partial charge in [0.05, 0.1) is 12.5 Å². The van der Waals surface area contributed by atoms with Crippen molar-refractivity contribution in [2.75, 3.05) is 18.5 Å². The summed E-state index contributed by atoms with van der Waals surface area (Å²) < 4.78 is 41.7. The van der Waals surface area contributed by atoms with Crippen LogP contribution in [0.2, 0.25) is 0 Å². The molecule has 178 valence electrons. The molecule has 2 aromatic rings. The van der Waals surface area contributed by atoms with Crippen LogP contribution in [0.15, 0.2) is 47.6 Å². The van der Waals surface area contributed by atoms with E-state index in [4.69, 9.17) is 0 Å². The number of rotatable bonds is 6. The van der Waals surface area contributed by atoms with Gasteiger partial charge in [0.15, 0.2) is 6.61 Å². The lowest BCUT2D eigenvalue weighted by Crippen LogP contribution is -2.51. The number of amidine groups is 1. The van der Waals surface area contributed by atoms with Gasteiger partial charge in [0, 0.05) is 24.5 Å². The van der Waals surface area contributed by atoms with Gasteiger partial charge in [-0.05, 0) is 41.2 Å². The number of nitrogens with one attached hydrogen (secondary N) is 3. The molecule has 3 N–H and O–H groups in total. The fourth-order valence-corrected chi connectivity index (χ4v) is 3.24. The van der Waals surface area contributed by atoms with Gasteiger partial charge in [0.25, 0.3) is 0 Å². The number of alkyl halides is 3. The van der Waals surface area contributed by atoms with E-state index >= 15 is 0 Å². The summed E-state index contributed by atoms with van der Waals surface area (Å²) in [6, 6.07) is 10.8. The molecule has 1 fully saturated rings. The Balaban J connectivity index is 1.65. The number of anilines is 1. The summed E-state index contributed by atoms with van der Waals surface area (Å²) in [6.45, 7) is 5.70.